The third-order valence-electron chi connectivity index (χ3n) is 8.00. The van der Waals surface area contributed by atoms with Gasteiger partial charge in [0.25, 0.3) is 0 Å². The van der Waals surface area contributed by atoms with Crippen molar-refractivity contribution in [1.82, 2.24) is 19.9 Å². The Morgan fingerprint density at radius 1 is 1.21 bits per heavy atom. The summed E-state index contributed by atoms with van der Waals surface area (Å²) in [5.41, 5.74) is 5.17. The molecule has 1 aliphatic rings. The summed E-state index contributed by atoms with van der Waals surface area (Å²) in [5, 5.41) is 8.64. The molecule has 0 spiro atoms. The van der Waals surface area contributed by atoms with Crippen molar-refractivity contribution in [3.05, 3.63) is 67.4 Å². The molecule has 4 heterocycles. The summed E-state index contributed by atoms with van der Waals surface area (Å²) in [7, 11) is 0. The number of carbonyl (C=O) groups is 2. The molecule has 1 atom stereocenters. The predicted octanol–water partition coefficient (Wildman–Crippen LogP) is 6.50. The maximum Gasteiger partial charge on any atom is 0.227 e. The van der Waals surface area contributed by atoms with E-state index in [2.05, 4.69) is 43.7 Å². The van der Waals surface area contributed by atoms with Gasteiger partial charge in [-0.15, -0.1) is 0 Å². The van der Waals surface area contributed by atoms with Crippen LogP contribution in [0.4, 0.5) is 0 Å². The molecule has 3 aromatic rings. The number of nitrogens with zero attached hydrogens (tertiary/aromatic N) is 4. The number of piperidine rings is 1. The topological polar surface area (TPSA) is 79.5 Å². The van der Waals surface area contributed by atoms with Crippen LogP contribution in [0.2, 0.25) is 5.15 Å². The first-order chi connectivity index (χ1) is 18.6. The van der Waals surface area contributed by atoms with E-state index in [0.717, 1.165) is 61.4 Å². The monoisotopic (exact) mass is 570 g/mol. The molecule has 1 amide bonds. The highest BCUT2D eigenvalue weighted by Gasteiger charge is 2.30. The third kappa shape index (κ3) is 7.35. The van der Waals surface area contributed by atoms with Gasteiger partial charge in [0.15, 0.2) is 5.78 Å². The number of halogens is 1. The van der Waals surface area contributed by atoms with Gasteiger partial charge < -0.3 is 14.3 Å². The summed E-state index contributed by atoms with van der Waals surface area (Å²) in [5.74, 6) is 0.986. The molecule has 4 rings (SSSR count). The molecule has 39 heavy (non-hydrogen) atoms. The Morgan fingerprint density at radius 2 is 1.95 bits per heavy atom. The van der Waals surface area contributed by atoms with Gasteiger partial charge in [-0.25, -0.2) is 4.98 Å². The predicted molar refractivity (Wildman–Crippen MR) is 156 cm³/mol. The number of aryl methyl sites for hydroxylation is 4. The minimum atomic E-state index is 0.128. The second-order valence-electron chi connectivity index (χ2n) is 10.8. The Kier molecular flexibility index (Phi) is 9.96. The molecule has 1 fully saturated rings. The lowest BCUT2D eigenvalue weighted by Gasteiger charge is -2.41. The van der Waals surface area contributed by atoms with Gasteiger partial charge in [0, 0.05) is 49.3 Å². The molecule has 0 saturated carbocycles. The Morgan fingerprint density at radius 3 is 2.56 bits per heavy atom. The van der Waals surface area contributed by atoms with Crippen molar-refractivity contribution in [2.45, 2.75) is 91.8 Å². The van der Waals surface area contributed by atoms with Gasteiger partial charge in [0.05, 0.1) is 17.8 Å². The average Bonchev–Trinajstić information content (AvgIpc) is 3.52. The summed E-state index contributed by atoms with van der Waals surface area (Å²) >= 11 is 7.69. The van der Waals surface area contributed by atoms with Crippen molar-refractivity contribution >= 4 is 34.6 Å². The number of likely N-dealkylation sites (tertiary alicyclic amines) is 1. The van der Waals surface area contributed by atoms with Gasteiger partial charge in [-0.1, -0.05) is 16.8 Å². The molecule has 0 N–H and O–H groups in total. The van der Waals surface area contributed by atoms with Crippen LogP contribution >= 0.6 is 22.9 Å². The molecule has 9 heteroatoms. The minimum Gasteiger partial charge on any atom is -0.361 e. The highest BCUT2D eigenvalue weighted by Crippen LogP contribution is 2.25. The van der Waals surface area contributed by atoms with E-state index in [1.54, 1.807) is 17.4 Å². The first kappa shape index (κ1) is 29.4. The zero-order valence-corrected chi connectivity index (χ0v) is 25.2. The van der Waals surface area contributed by atoms with E-state index in [4.69, 9.17) is 16.1 Å². The summed E-state index contributed by atoms with van der Waals surface area (Å²) in [4.78, 5) is 35.3. The van der Waals surface area contributed by atoms with Crippen LogP contribution in [-0.4, -0.2) is 56.8 Å². The molecule has 0 radical (unpaired) electrons. The second kappa shape index (κ2) is 13.2. The fourth-order valence-corrected chi connectivity index (χ4v) is 6.67. The number of pyridine rings is 1. The van der Waals surface area contributed by atoms with Crippen molar-refractivity contribution in [3.8, 4) is 0 Å². The highest BCUT2D eigenvalue weighted by molar-refractivity contribution is 7.07. The van der Waals surface area contributed by atoms with Crippen LogP contribution in [0.3, 0.4) is 0 Å². The normalized spacial score (nSPS) is 15.4. The molecular formula is C30H39ClN4O3S. The largest absolute Gasteiger partial charge is 0.361 e. The van der Waals surface area contributed by atoms with Crippen LogP contribution < -0.4 is 0 Å². The van der Waals surface area contributed by atoms with E-state index >= 15 is 0 Å². The van der Waals surface area contributed by atoms with Gasteiger partial charge in [0.1, 0.15) is 10.9 Å². The molecular weight excluding hydrogens is 532 g/mol. The third-order valence-corrected chi connectivity index (χ3v) is 8.92. The lowest BCUT2D eigenvalue weighted by atomic mass is 9.96. The number of thiophene rings is 1. The van der Waals surface area contributed by atoms with E-state index in [1.165, 1.54) is 5.56 Å². The van der Waals surface area contributed by atoms with E-state index in [1.807, 2.05) is 27.7 Å². The number of hydrogen-bond donors (Lipinski definition) is 0. The maximum atomic E-state index is 13.5. The molecule has 210 valence electrons. The van der Waals surface area contributed by atoms with E-state index in [-0.39, 0.29) is 17.7 Å². The van der Waals surface area contributed by atoms with Gasteiger partial charge in [0.2, 0.25) is 5.91 Å². The number of ketones is 1. The lowest BCUT2D eigenvalue weighted by molar-refractivity contribution is -0.134. The molecule has 0 unspecified atom stereocenters. The van der Waals surface area contributed by atoms with Gasteiger partial charge >= 0.3 is 0 Å². The average molecular weight is 571 g/mol. The Bertz CT molecular complexity index is 1240. The van der Waals surface area contributed by atoms with Crippen molar-refractivity contribution < 1.29 is 14.1 Å². The van der Waals surface area contributed by atoms with Crippen LogP contribution in [0.25, 0.3) is 0 Å². The van der Waals surface area contributed by atoms with Crippen LogP contribution in [0, 0.1) is 27.7 Å². The maximum absolute atomic E-state index is 13.5. The summed E-state index contributed by atoms with van der Waals surface area (Å²) < 4.78 is 5.30. The van der Waals surface area contributed by atoms with E-state index < -0.39 is 0 Å². The van der Waals surface area contributed by atoms with Gasteiger partial charge in [-0.05, 0) is 94.3 Å². The zero-order valence-electron chi connectivity index (χ0n) is 23.6. The van der Waals surface area contributed by atoms with Crippen molar-refractivity contribution in [1.29, 1.82) is 0 Å². The van der Waals surface area contributed by atoms with E-state index in [0.29, 0.717) is 41.8 Å². The Labute approximate surface area is 240 Å². The number of amides is 1. The standard InChI is InChI=1S/C30H39ClN4O3S/c1-19-15-28(31)32-22(4)30(19)27(36)8-6-7-20(2)34-12-9-25(10-13-34)35(17-24-11-14-39-18-24)29(37)16-26-21(3)33-38-23(26)5/h11,14-15,18,20,25H,6-10,12-13,16-17H2,1-5H3/t20-/m1/s1. The fraction of sp³-hybridized carbons (Fsp3) is 0.533. The second-order valence-corrected chi connectivity index (χ2v) is 12.0. The molecule has 1 aliphatic heterocycles. The fourth-order valence-electron chi connectivity index (χ4n) is 5.72. The SMILES string of the molecule is Cc1cc(Cl)nc(C)c1C(=O)CCC[C@@H](C)N1CCC(N(Cc2ccsc2)C(=O)Cc2c(C)noc2C)CC1. The van der Waals surface area contributed by atoms with Crippen molar-refractivity contribution in [2.24, 2.45) is 0 Å². The van der Waals surface area contributed by atoms with E-state index in [9.17, 15) is 9.59 Å². The smallest absolute Gasteiger partial charge is 0.227 e. The lowest BCUT2D eigenvalue weighted by Crippen LogP contribution is -2.49. The molecule has 0 aliphatic carbocycles. The first-order valence-electron chi connectivity index (χ1n) is 13.8. The number of carbonyl (C=O) groups excluding carboxylic acids is 2. The summed E-state index contributed by atoms with van der Waals surface area (Å²) in [6, 6.07) is 4.44. The number of Topliss-reactive ketones (excluding diaryl/α,β-unsaturated/α-hetero) is 1. The van der Waals surface area contributed by atoms with Crippen LogP contribution in [0.1, 0.15) is 83.2 Å². The van der Waals surface area contributed by atoms with Crippen LogP contribution in [0.15, 0.2) is 27.4 Å². The number of aromatic nitrogens is 2. The molecule has 0 aromatic carbocycles. The molecule has 7 nitrogen and oxygen atoms in total. The Hall–Kier alpha value is -2.55. The number of hydrogen-bond acceptors (Lipinski definition) is 7. The van der Waals surface area contributed by atoms with Gasteiger partial charge in [-0.2, -0.15) is 11.3 Å². The summed E-state index contributed by atoms with van der Waals surface area (Å²) in [6.45, 7) is 12.3. The molecule has 0 bridgehead atoms. The van der Waals surface area contributed by atoms with Crippen LogP contribution in [0.5, 0.6) is 0 Å². The van der Waals surface area contributed by atoms with Gasteiger partial charge in [-0.3, -0.25) is 9.59 Å². The summed E-state index contributed by atoms with van der Waals surface area (Å²) in [6.07, 6.45) is 4.50. The minimum absolute atomic E-state index is 0.128. The molecule has 3 aromatic heterocycles. The quantitative estimate of drug-likeness (QED) is 0.193. The van der Waals surface area contributed by atoms with Crippen molar-refractivity contribution in [3.63, 3.8) is 0 Å². The number of rotatable bonds is 11. The Balaban J connectivity index is 1.31. The van der Waals surface area contributed by atoms with Crippen molar-refractivity contribution in [2.75, 3.05) is 13.1 Å². The van der Waals surface area contributed by atoms with Crippen LogP contribution in [-0.2, 0) is 17.8 Å². The molecule has 1 saturated heterocycles. The zero-order chi connectivity index (χ0) is 28.1. The first-order valence-corrected chi connectivity index (χ1v) is 15.1. The highest BCUT2D eigenvalue weighted by atomic mass is 35.5.